The summed E-state index contributed by atoms with van der Waals surface area (Å²) in [6.45, 7) is 5.38. The Hall–Kier alpha value is -1.59. The normalized spacial score (nSPS) is 26.1. The monoisotopic (exact) mass is 318 g/mol. The Labute approximate surface area is 137 Å². The molecule has 0 radical (unpaired) electrons. The van der Waals surface area contributed by atoms with Gasteiger partial charge < -0.3 is 20.1 Å². The minimum absolute atomic E-state index is 0.0280. The van der Waals surface area contributed by atoms with Gasteiger partial charge in [-0.1, -0.05) is 12.1 Å². The SMILES string of the molecule is CC(NC(=O)C1CCCC1O)c1ccc(N2CCOCC2)cc1. The van der Waals surface area contributed by atoms with Crippen LogP contribution in [0.25, 0.3) is 0 Å². The van der Waals surface area contributed by atoms with Crippen molar-refractivity contribution in [3.8, 4) is 0 Å². The topological polar surface area (TPSA) is 61.8 Å². The Morgan fingerprint density at radius 1 is 1.26 bits per heavy atom. The minimum atomic E-state index is -0.481. The maximum atomic E-state index is 12.3. The van der Waals surface area contributed by atoms with Crippen LogP contribution in [-0.4, -0.2) is 43.4 Å². The highest BCUT2D eigenvalue weighted by molar-refractivity contribution is 5.80. The Morgan fingerprint density at radius 3 is 2.57 bits per heavy atom. The molecule has 5 heteroatoms. The third kappa shape index (κ3) is 3.85. The lowest BCUT2D eigenvalue weighted by atomic mass is 10.0. The number of aliphatic hydroxyl groups is 1. The van der Waals surface area contributed by atoms with Crippen LogP contribution in [0.15, 0.2) is 24.3 Å². The van der Waals surface area contributed by atoms with Gasteiger partial charge in [-0.2, -0.15) is 0 Å². The molecule has 2 aliphatic rings. The standard InChI is InChI=1S/C18H26N2O3/c1-13(19-18(22)16-3-2-4-17(16)21)14-5-7-15(8-6-14)20-9-11-23-12-10-20/h5-8,13,16-17,21H,2-4,9-12H2,1H3,(H,19,22). The van der Waals surface area contributed by atoms with Gasteiger partial charge in [0.2, 0.25) is 5.91 Å². The number of aliphatic hydroxyl groups excluding tert-OH is 1. The van der Waals surface area contributed by atoms with Gasteiger partial charge in [0.05, 0.1) is 31.3 Å². The first-order valence-corrected chi connectivity index (χ1v) is 8.56. The number of nitrogens with one attached hydrogen (secondary N) is 1. The molecule has 23 heavy (non-hydrogen) atoms. The summed E-state index contributed by atoms with van der Waals surface area (Å²) in [6.07, 6.45) is 1.98. The molecule has 3 unspecified atom stereocenters. The zero-order chi connectivity index (χ0) is 16.2. The maximum Gasteiger partial charge on any atom is 0.226 e. The van der Waals surface area contributed by atoms with Crippen molar-refractivity contribution >= 4 is 11.6 Å². The molecule has 0 bridgehead atoms. The van der Waals surface area contributed by atoms with Gasteiger partial charge >= 0.3 is 0 Å². The van der Waals surface area contributed by atoms with Gasteiger partial charge in [-0.25, -0.2) is 0 Å². The smallest absolute Gasteiger partial charge is 0.226 e. The molecule has 1 aromatic rings. The highest BCUT2D eigenvalue weighted by atomic mass is 16.5. The molecule has 1 aliphatic carbocycles. The van der Waals surface area contributed by atoms with Gasteiger partial charge in [-0.3, -0.25) is 4.79 Å². The zero-order valence-corrected chi connectivity index (χ0v) is 13.7. The summed E-state index contributed by atoms with van der Waals surface area (Å²) >= 11 is 0. The summed E-state index contributed by atoms with van der Waals surface area (Å²) in [6, 6.07) is 8.30. The molecule has 5 nitrogen and oxygen atoms in total. The van der Waals surface area contributed by atoms with E-state index in [1.54, 1.807) is 0 Å². The third-order valence-electron chi connectivity index (χ3n) is 4.94. The number of ether oxygens (including phenoxy) is 1. The van der Waals surface area contributed by atoms with Crippen molar-refractivity contribution in [2.75, 3.05) is 31.2 Å². The molecule has 1 aliphatic heterocycles. The van der Waals surface area contributed by atoms with Crippen LogP contribution < -0.4 is 10.2 Å². The number of carbonyl (C=O) groups excluding carboxylic acids is 1. The van der Waals surface area contributed by atoms with E-state index in [4.69, 9.17) is 4.74 Å². The Kier molecular flexibility index (Phi) is 5.18. The molecule has 3 rings (SSSR count). The minimum Gasteiger partial charge on any atom is -0.392 e. The largest absolute Gasteiger partial charge is 0.392 e. The van der Waals surface area contributed by atoms with Crippen LogP contribution in [0, 0.1) is 5.92 Å². The van der Waals surface area contributed by atoms with Gasteiger partial charge in [0.15, 0.2) is 0 Å². The first-order valence-electron chi connectivity index (χ1n) is 8.56. The number of hydrogen-bond acceptors (Lipinski definition) is 4. The lowest BCUT2D eigenvalue weighted by Crippen LogP contribution is -2.36. The van der Waals surface area contributed by atoms with Crippen molar-refractivity contribution in [2.24, 2.45) is 5.92 Å². The van der Waals surface area contributed by atoms with Crippen molar-refractivity contribution in [3.63, 3.8) is 0 Å². The van der Waals surface area contributed by atoms with E-state index in [-0.39, 0.29) is 17.9 Å². The Morgan fingerprint density at radius 2 is 1.96 bits per heavy atom. The van der Waals surface area contributed by atoms with Crippen molar-refractivity contribution in [1.29, 1.82) is 0 Å². The van der Waals surface area contributed by atoms with Crippen LogP contribution in [0.1, 0.15) is 37.8 Å². The zero-order valence-electron chi connectivity index (χ0n) is 13.7. The van der Waals surface area contributed by atoms with Crippen LogP contribution >= 0.6 is 0 Å². The summed E-state index contributed by atoms with van der Waals surface area (Å²) in [5.74, 6) is -0.273. The quantitative estimate of drug-likeness (QED) is 0.889. The second-order valence-electron chi connectivity index (χ2n) is 6.53. The molecule has 3 atom stereocenters. The average molecular weight is 318 g/mol. The van der Waals surface area contributed by atoms with Crippen LogP contribution in [-0.2, 0) is 9.53 Å². The molecule has 126 valence electrons. The maximum absolute atomic E-state index is 12.3. The van der Waals surface area contributed by atoms with Crippen LogP contribution in [0.4, 0.5) is 5.69 Å². The van der Waals surface area contributed by atoms with Gasteiger partial charge in [0.25, 0.3) is 0 Å². The van der Waals surface area contributed by atoms with Gasteiger partial charge in [-0.05, 0) is 43.9 Å². The number of hydrogen-bond donors (Lipinski definition) is 2. The summed E-state index contributed by atoms with van der Waals surface area (Å²) in [5.41, 5.74) is 2.28. The molecule has 0 spiro atoms. The van der Waals surface area contributed by atoms with E-state index < -0.39 is 6.10 Å². The van der Waals surface area contributed by atoms with E-state index in [2.05, 4.69) is 34.5 Å². The van der Waals surface area contributed by atoms with Crippen molar-refractivity contribution in [3.05, 3.63) is 29.8 Å². The van der Waals surface area contributed by atoms with Crippen molar-refractivity contribution in [1.82, 2.24) is 5.32 Å². The lowest BCUT2D eigenvalue weighted by molar-refractivity contribution is -0.128. The fraction of sp³-hybridized carbons (Fsp3) is 0.611. The molecule has 2 fully saturated rings. The second-order valence-corrected chi connectivity index (χ2v) is 6.53. The summed E-state index contributed by atoms with van der Waals surface area (Å²) in [4.78, 5) is 14.6. The molecule has 2 N–H and O–H groups in total. The predicted molar refractivity (Wildman–Crippen MR) is 89.4 cm³/mol. The first kappa shape index (κ1) is 16.3. The van der Waals surface area contributed by atoms with Gasteiger partial charge in [0, 0.05) is 18.8 Å². The Bertz CT molecular complexity index is 526. The highest BCUT2D eigenvalue weighted by Gasteiger charge is 2.32. The van der Waals surface area contributed by atoms with E-state index >= 15 is 0 Å². The van der Waals surface area contributed by atoms with Crippen LogP contribution in [0.3, 0.4) is 0 Å². The highest BCUT2D eigenvalue weighted by Crippen LogP contribution is 2.27. The van der Waals surface area contributed by atoms with E-state index in [0.717, 1.165) is 51.1 Å². The van der Waals surface area contributed by atoms with Crippen molar-refractivity contribution in [2.45, 2.75) is 38.3 Å². The number of nitrogens with zero attached hydrogens (tertiary/aromatic N) is 1. The Balaban J connectivity index is 1.58. The molecule has 1 aromatic carbocycles. The molecular formula is C18H26N2O3. The summed E-state index contributed by atoms with van der Waals surface area (Å²) < 4.78 is 5.37. The molecule has 1 heterocycles. The fourth-order valence-electron chi connectivity index (χ4n) is 3.45. The van der Waals surface area contributed by atoms with Gasteiger partial charge in [-0.15, -0.1) is 0 Å². The van der Waals surface area contributed by atoms with E-state index in [0.29, 0.717) is 0 Å². The molecule has 1 amide bonds. The molecule has 0 aromatic heterocycles. The van der Waals surface area contributed by atoms with Crippen LogP contribution in [0.2, 0.25) is 0 Å². The summed E-state index contributed by atoms with van der Waals surface area (Å²) in [5, 5.41) is 12.9. The first-order chi connectivity index (χ1) is 11.1. The number of amides is 1. The number of carbonyl (C=O) groups is 1. The third-order valence-corrected chi connectivity index (χ3v) is 4.94. The number of morpholine rings is 1. The van der Waals surface area contributed by atoms with E-state index in [1.807, 2.05) is 6.92 Å². The number of benzene rings is 1. The summed E-state index contributed by atoms with van der Waals surface area (Å²) in [7, 11) is 0. The lowest BCUT2D eigenvalue weighted by Gasteiger charge is -2.29. The van der Waals surface area contributed by atoms with E-state index in [1.165, 1.54) is 5.69 Å². The fourth-order valence-corrected chi connectivity index (χ4v) is 3.45. The molecular weight excluding hydrogens is 292 g/mol. The van der Waals surface area contributed by atoms with Crippen LogP contribution in [0.5, 0.6) is 0 Å². The predicted octanol–water partition coefficient (Wildman–Crippen LogP) is 1.86. The number of anilines is 1. The second kappa shape index (κ2) is 7.32. The molecule has 1 saturated carbocycles. The van der Waals surface area contributed by atoms with Gasteiger partial charge in [0.1, 0.15) is 0 Å². The number of rotatable bonds is 4. The van der Waals surface area contributed by atoms with Crippen molar-refractivity contribution < 1.29 is 14.6 Å². The average Bonchev–Trinajstić information content (AvgIpc) is 3.02. The van der Waals surface area contributed by atoms with E-state index in [9.17, 15) is 9.90 Å². The molecule has 1 saturated heterocycles.